The second-order valence-corrected chi connectivity index (χ2v) is 8.48. The standard InChI is InChI=1S/C23H20F3N3O2/c1-22(2)16-10-27-17-5-3-12(9-14(17)15(16)11-31-22)21(30)29-19-7-6-18-13(19)4-8-20(28-18)23(24,25)26/h3-5,8-10,19H,6-7,11H2,1-2H3,(H,29,30)/t19-/m0/s1. The maximum atomic E-state index is 12.9. The smallest absolute Gasteiger partial charge is 0.366 e. The predicted octanol–water partition coefficient (Wildman–Crippen LogP) is 4.83. The Kier molecular flexibility index (Phi) is 4.34. The van der Waals surface area contributed by atoms with E-state index in [2.05, 4.69) is 15.3 Å². The molecule has 3 aromatic rings. The van der Waals surface area contributed by atoms with Gasteiger partial charge in [0.15, 0.2) is 0 Å². The summed E-state index contributed by atoms with van der Waals surface area (Å²) in [5.74, 6) is -0.282. The summed E-state index contributed by atoms with van der Waals surface area (Å²) < 4.78 is 44.6. The Labute approximate surface area is 176 Å². The average Bonchev–Trinajstić information content (AvgIpc) is 3.27. The largest absolute Gasteiger partial charge is 0.433 e. The molecular formula is C23H20F3N3O2. The number of nitrogens with one attached hydrogen (secondary N) is 1. The number of aryl methyl sites for hydroxylation is 1. The van der Waals surface area contributed by atoms with Gasteiger partial charge in [-0.05, 0) is 62.1 Å². The summed E-state index contributed by atoms with van der Waals surface area (Å²) >= 11 is 0. The van der Waals surface area contributed by atoms with Crippen LogP contribution >= 0.6 is 0 Å². The summed E-state index contributed by atoms with van der Waals surface area (Å²) in [6.45, 7) is 4.42. The molecule has 2 aliphatic rings. The first-order valence-electron chi connectivity index (χ1n) is 10.1. The number of aromatic nitrogens is 2. The van der Waals surface area contributed by atoms with Gasteiger partial charge in [-0.15, -0.1) is 0 Å². The predicted molar refractivity (Wildman–Crippen MR) is 107 cm³/mol. The molecule has 3 heterocycles. The van der Waals surface area contributed by atoms with Crippen molar-refractivity contribution in [2.24, 2.45) is 0 Å². The Morgan fingerprint density at radius 2 is 2.03 bits per heavy atom. The molecule has 5 rings (SSSR count). The molecule has 0 radical (unpaired) electrons. The summed E-state index contributed by atoms with van der Waals surface area (Å²) in [4.78, 5) is 21.2. The van der Waals surface area contributed by atoms with E-state index in [0.717, 1.165) is 28.1 Å². The van der Waals surface area contributed by atoms with Gasteiger partial charge >= 0.3 is 6.18 Å². The van der Waals surface area contributed by atoms with Crippen molar-refractivity contribution in [1.82, 2.24) is 15.3 Å². The Morgan fingerprint density at radius 3 is 2.81 bits per heavy atom. The first-order valence-corrected chi connectivity index (χ1v) is 10.1. The molecule has 1 N–H and O–H groups in total. The van der Waals surface area contributed by atoms with Gasteiger partial charge in [0.25, 0.3) is 5.91 Å². The highest BCUT2D eigenvalue weighted by atomic mass is 19.4. The monoisotopic (exact) mass is 427 g/mol. The van der Waals surface area contributed by atoms with E-state index in [-0.39, 0.29) is 11.9 Å². The molecule has 1 aliphatic heterocycles. The number of carbonyl (C=O) groups excluding carboxylic acids is 1. The van der Waals surface area contributed by atoms with Crippen molar-refractivity contribution < 1.29 is 22.7 Å². The third-order valence-electron chi connectivity index (χ3n) is 6.12. The molecule has 5 nitrogen and oxygen atoms in total. The van der Waals surface area contributed by atoms with E-state index in [1.165, 1.54) is 6.07 Å². The van der Waals surface area contributed by atoms with Gasteiger partial charge in [0.2, 0.25) is 0 Å². The fourth-order valence-corrected chi connectivity index (χ4v) is 4.41. The average molecular weight is 427 g/mol. The molecule has 1 atom stereocenters. The van der Waals surface area contributed by atoms with Crippen LogP contribution in [-0.4, -0.2) is 15.9 Å². The minimum atomic E-state index is -4.48. The number of alkyl halides is 3. The van der Waals surface area contributed by atoms with E-state index >= 15 is 0 Å². The number of ether oxygens (including phenoxy) is 1. The lowest BCUT2D eigenvalue weighted by Gasteiger charge is -2.18. The quantitative estimate of drug-likeness (QED) is 0.636. The molecule has 0 unspecified atom stereocenters. The van der Waals surface area contributed by atoms with Crippen molar-refractivity contribution in [2.45, 2.75) is 51.1 Å². The molecule has 0 saturated heterocycles. The summed E-state index contributed by atoms with van der Waals surface area (Å²) in [5.41, 5.74) is 2.99. The molecular weight excluding hydrogens is 407 g/mol. The molecule has 0 spiro atoms. The zero-order chi connectivity index (χ0) is 22.0. The zero-order valence-corrected chi connectivity index (χ0v) is 17.0. The highest BCUT2D eigenvalue weighted by Gasteiger charge is 2.35. The van der Waals surface area contributed by atoms with Gasteiger partial charge in [0.1, 0.15) is 5.69 Å². The van der Waals surface area contributed by atoms with Crippen molar-refractivity contribution in [3.8, 4) is 0 Å². The third-order valence-corrected chi connectivity index (χ3v) is 6.12. The lowest BCUT2D eigenvalue weighted by Crippen LogP contribution is -2.27. The van der Waals surface area contributed by atoms with Crippen LogP contribution in [0.15, 0.2) is 36.5 Å². The number of pyridine rings is 2. The number of hydrogen-bond acceptors (Lipinski definition) is 4. The normalized spacial score (nSPS) is 19.3. The van der Waals surface area contributed by atoms with Gasteiger partial charge in [-0.25, -0.2) is 4.98 Å². The van der Waals surface area contributed by atoms with E-state index in [4.69, 9.17) is 4.74 Å². The van der Waals surface area contributed by atoms with Gasteiger partial charge in [0.05, 0.1) is 23.8 Å². The number of benzene rings is 1. The fourth-order valence-electron chi connectivity index (χ4n) is 4.41. The molecule has 0 saturated carbocycles. The number of halogens is 3. The fraction of sp³-hybridized carbons (Fsp3) is 0.348. The second kappa shape index (κ2) is 6.75. The molecule has 0 bridgehead atoms. The molecule has 1 aromatic carbocycles. The van der Waals surface area contributed by atoms with Crippen molar-refractivity contribution >= 4 is 16.8 Å². The molecule has 0 fully saturated rings. The molecule has 2 aromatic heterocycles. The van der Waals surface area contributed by atoms with Crippen LogP contribution < -0.4 is 5.32 Å². The van der Waals surface area contributed by atoms with Crippen LogP contribution in [0.5, 0.6) is 0 Å². The number of carbonyl (C=O) groups is 1. The Bertz CT molecular complexity index is 1220. The van der Waals surface area contributed by atoms with E-state index in [1.807, 2.05) is 26.1 Å². The van der Waals surface area contributed by atoms with Crippen molar-refractivity contribution in [3.05, 3.63) is 70.2 Å². The van der Waals surface area contributed by atoms with Crippen molar-refractivity contribution in [2.75, 3.05) is 0 Å². The molecule has 160 valence electrons. The number of rotatable bonds is 2. The Morgan fingerprint density at radius 1 is 1.23 bits per heavy atom. The molecule has 1 aliphatic carbocycles. The molecule has 31 heavy (non-hydrogen) atoms. The number of fused-ring (bicyclic) bond motifs is 4. The topological polar surface area (TPSA) is 64.1 Å². The zero-order valence-electron chi connectivity index (χ0n) is 17.0. The van der Waals surface area contributed by atoms with E-state index in [1.54, 1.807) is 12.1 Å². The highest BCUT2D eigenvalue weighted by molar-refractivity contribution is 5.99. The number of amides is 1. The van der Waals surface area contributed by atoms with Crippen LogP contribution in [0.2, 0.25) is 0 Å². The lowest BCUT2D eigenvalue weighted by molar-refractivity contribution is -0.141. The van der Waals surface area contributed by atoms with Gasteiger partial charge in [-0.1, -0.05) is 6.07 Å². The van der Waals surface area contributed by atoms with E-state index < -0.39 is 17.5 Å². The summed E-state index contributed by atoms with van der Waals surface area (Å²) in [6.07, 6.45) is -1.75. The maximum Gasteiger partial charge on any atom is 0.433 e. The van der Waals surface area contributed by atoms with Crippen LogP contribution in [0.25, 0.3) is 10.9 Å². The Balaban J connectivity index is 1.42. The van der Waals surface area contributed by atoms with Crippen LogP contribution in [0, 0.1) is 0 Å². The summed E-state index contributed by atoms with van der Waals surface area (Å²) in [7, 11) is 0. The van der Waals surface area contributed by atoms with Crippen LogP contribution in [-0.2, 0) is 29.5 Å². The first kappa shape index (κ1) is 19.9. The minimum Gasteiger partial charge on any atom is -0.366 e. The van der Waals surface area contributed by atoms with Gasteiger partial charge in [-0.2, -0.15) is 13.2 Å². The van der Waals surface area contributed by atoms with E-state index in [0.29, 0.717) is 36.3 Å². The molecule has 8 heteroatoms. The van der Waals surface area contributed by atoms with Gasteiger partial charge < -0.3 is 10.1 Å². The lowest BCUT2D eigenvalue weighted by atomic mass is 9.95. The van der Waals surface area contributed by atoms with Crippen LogP contribution in [0.4, 0.5) is 13.2 Å². The second-order valence-electron chi connectivity index (χ2n) is 8.48. The van der Waals surface area contributed by atoms with Gasteiger partial charge in [-0.3, -0.25) is 9.78 Å². The third kappa shape index (κ3) is 3.35. The first-order chi connectivity index (χ1) is 14.6. The highest BCUT2D eigenvalue weighted by Crippen LogP contribution is 2.39. The molecule has 1 amide bonds. The van der Waals surface area contributed by atoms with Crippen LogP contribution in [0.1, 0.15) is 64.7 Å². The Hall–Kier alpha value is -3.00. The SMILES string of the molecule is CC1(C)OCc2c1cnc1ccc(C(=O)N[C@H]3CCc4nc(C(F)(F)F)ccc43)cc21. The number of nitrogens with zero attached hydrogens (tertiary/aromatic N) is 2. The van der Waals surface area contributed by atoms with Gasteiger partial charge in [0, 0.05) is 28.4 Å². The summed E-state index contributed by atoms with van der Waals surface area (Å²) in [6, 6.07) is 7.33. The summed E-state index contributed by atoms with van der Waals surface area (Å²) in [5, 5.41) is 3.82. The number of hydrogen-bond donors (Lipinski definition) is 1. The van der Waals surface area contributed by atoms with Crippen LogP contribution in [0.3, 0.4) is 0 Å². The van der Waals surface area contributed by atoms with Crippen molar-refractivity contribution in [3.63, 3.8) is 0 Å². The minimum absolute atomic E-state index is 0.282. The van der Waals surface area contributed by atoms with Crippen molar-refractivity contribution in [1.29, 1.82) is 0 Å². The van der Waals surface area contributed by atoms with E-state index in [9.17, 15) is 18.0 Å². The maximum absolute atomic E-state index is 12.9.